The molecule has 0 aliphatic carbocycles. The van der Waals surface area contributed by atoms with Crippen molar-refractivity contribution < 1.29 is 0 Å². The predicted molar refractivity (Wildman–Crippen MR) is 120 cm³/mol. The molecule has 1 heterocycles. The van der Waals surface area contributed by atoms with Gasteiger partial charge in [0.1, 0.15) is 0 Å². The van der Waals surface area contributed by atoms with Gasteiger partial charge in [0, 0.05) is 44.1 Å². The number of rotatable bonds is 12. The first-order valence-corrected chi connectivity index (χ1v) is 9.64. The van der Waals surface area contributed by atoms with Crippen molar-refractivity contribution in [3.05, 3.63) is 48.0 Å². The van der Waals surface area contributed by atoms with Gasteiger partial charge in [0.25, 0.3) is 0 Å². The van der Waals surface area contributed by atoms with E-state index in [0.717, 1.165) is 42.9 Å². The molecule has 0 bridgehead atoms. The summed E-state index contributed by atoms with van der Waals surface area (Å²) in [6.45, 7) is 6.69. The largest absolute Gasteiger partial charge is 0.394 e. The lowest BCUT2D eigenvalue weighted by Gasteiger charge is -2.17. The van der Waals surface area contributed by atoms with E-state index in [1.165, 1.54) is 0 Å². The summed E-state index contributed by atoms with van der Waals surface area (Å²) in [7, 11) is 5.92. The maximum Gasteiger partial charge on any atom is 0.223 e. The van der Waals surface area contributed by atoms with Crippen LogP contribution < -0.4 is 16.0 Å². The van der Waals surface area contributed by atoms with E-state index >= 15 is 0 Å². The Hall–Kier alpha value is -2.62. The van der Waals surface area contributed by atoms with Crippen LogP contribution in [-0.4, -0.2) is 61.7 Å². The molecule has 0 spiro atoms. The zero-order valence-corrected chi connectivity index (χ0v) is 17.8. The van der Waals surface area contributed by atoms with Gasteiger partial charge >= 0.3 is 0 Å². The summed E-state index contributed by atoms with van der Waals surface area (Å²) >= 11 is 0. The Bertz CT molecular complexity index is 714. The second-order valence-corrected chi connectivity index (χ2v) is 6.57. The van der Waals surface area contributed by atoms with Crippen molar-refractivity contribution in [3.63, 3.8) is 0 Å². The molecule has 0 aromatic carbocycles. The molecule has 0 amide bonds. The fourth-order valence-corrected chi connectivity index (χ4v) is 2.74. The van der Waals surface area contributed by atoms with Crippen LogP contribution in [0.5, 0.6) is 0 Å². The molecule has 6 heteroatoms. The highest BCUT2D eigenvalue weighted by atomic mass is 15.1. The Morgan fingerprint density at radius 1 is 1.39 bits per heavy atom. The van der Waals surface area contributed by atoms with Crippen LogP contribution in [-0.2, 0) is 0 Å². The second-order valence-electron chi connectivity index (χ2n) is 6.57. The predicted octanol–water partition coefficient (Wildman–Crippen LogP) is 2.51. The van der Waals surface area contributed by atoms with Crippen molar-refractivity contribution in [1.29, 1.82) is 0 Å². The van der Waals surface area contributed by atoms with E-state index in [9.17, 15) is 0 Å². The van der Waals surface area contributed by atoms with E-state index in [0.29, 0.717) is 5.95 Å². The van der Waals surface area contributed by atoms with Gasteiger partial charge < -0.3 is 20.9 Å². The van der Waals surface area contributed by atoms with Gasteiger partial charge in [-0.3, -0.25) is 0 Å². The van der Waals surface area contributed by atoms with Gasteiger partial charge in [-0.2, -0.15) is 0 Å². The minimum Gasteiger partial charge on any atom is -0.394 e. The maximum absolute atomic E-state index is 5.39. The second kappa shape index (κ2) is 13.5. The number of likely N-dealkylation sites (N-methyl/N-ethyl adjacent to an activating group) is 2. The van der Waals surface area contributed by atoms with E-state index in [2.05, 4.69) is 56.8 Å². The molecular weight excluding hydrogens is 348 g/mol. The summed E-state index contributed by atoms with van der Waals surface area (Å²) in [5, 5.41) is 9.66. The normalized spacial score (nSPS) is 13.6. The van der Waals surface area contributed by atoms with Crippen LogP contribution in [0.25, 0.3) is 5.57 Å². The number of anilines is 1. The highest BCUT2D eigenvalue weighted by Gasteiger charge is 2.11. The maximum atomic E-state index is 5.39. The van der Waals surface area contributed by atoms with Gasteiger partial charge in [0.05, 0.1) is 5.69 Å². The monoisotopic (exact) mass is 382 g/mol. The van der Waals surface area contributed by atoms with Gasteiger partial charge in [-0.15, -0.1) is 6.42 Å². The van der Waals surface area contributed by atoms with E-state index in [4.69, 9.17) is 6.42 Å². The van der Waals surface area contributed by atoms with Gasteiger partial charge in [-0.1, -0.05) is 18.1 Å². The molecule has 0 aliphatic rings. The molecule has 0 fully saturated rings. The van der Waals surface area contributed by atoms with Crippen molar-refractivity contribution in [3.8, 4) is 12.3 Å². The highest BCUT2D eigenvalue weighted by Crippen LogP contribution is 2.16. The lowest BCUT2D eigenvalue weighted by Crippen LogP contribution is -2.25. The Labute approximate surface area is 170 Å². The number of nitrogens with one attached hydrogen (secondary N) is 3. The SMILES string of the molecule is C#C/C=C(\C=C/C)CN(C)CCCNc1nccc(/C(=C/NC)C(C)NC)n1. The third kappa shape index (κ3) is 8.38. The average molecular weight is 383 g/mol. The molecule has 0 saturated heterocycles. The van der Waals surface area contributed by atoms with E-state index < -0.39 is 0 Å². The van der Waals surface area contributed by atoms with Crippen molar-refractivity contribution in [2.24, 2.45) is 0 Å². The van der Waals surface area contributed by atoms with Crippen LogP contribution in [0.3, 0.4) is 0 Å². The van der Waals surface area contributed by atoms with Crippen molar-refractivity contribution in [2.75, 3.05) is 46.1 Å². The average Bonchev–Trinajstić information content (AvgIpc) is 2.69. The summed E-state index contributed by atoms with van der Waals surface area (Å²) in [6.07, 6.45) is 16.0. The molecule has 1 atom stereocenters. The highest BCUT2D eigenvalue weighted by molar-refractivity contribution is 5.66. The lowest BCUT2D eigenvalue weighted by atomic mass is 10.1. The molecule has 1 rings (SSSR count). The minimum atomic E-state index is 0.186. The third-order valence-corrected chi connectivity index (χ3v) is 4.25. The number of allylic oxidation sites excluding steroid dienone is 2. The Morgan fingerprint density at radius 2 is 2.18 bits per heavy atom. The molecule has 0 aliphatic heterocycles. The first-order chi connectivity index (χ1) is 13.5. The zero-order chi connectivity index (χ0) is 20.8. The molecule has 3 N–H and O–H groups in total. The molecule has 1 aromatic heterocycles. The van der Waals surface area contributed by atoms with Crippen LogP contribution in [0.15, 0.2) is 42.3 Å². The Balaban J connectivity index is 2.57. The van der Waals surface area contributed by atoms with Crippen LogP contribution in [0, 0.1) is 12.3 Å². The molecule has 152 valence electrons. The number of hydrogen-bond donors (Lipinski definition) is 3. The fraction of sp³-hybridized carbons (Fsp3) is 0.455. The third-order valence-electron chi connectivity index (χ3n) is 4.25. The molecule has 1 aromatic rings. The van der Waals surface area contributed by atoms with Crippen LogP contribution in [0.1, 0.15) is 26.0 Å². The summed E-state index contributed by atoms with van der Waals surface area (Å²) in [5.74, 6) is 3.25. The van der Waals surface area contributed by atoms with Crippen molar-refractivity contribution in [1.82, 2.24) is 25.5 Å². The van der Waals surface area contributed by atoms with E-state index in [1.807, 2.05) is 45.4 Å². The summed E-state index contributed by atoms with van der Waals surface area (Å²) in [6, 6.07) is 2.11. The van der Waals surface area contributed by atoms with Crippen molar-refractivity contribution in [2.45, 2.75) is 26.3 Å². The quantitative estimate of drug-likeness (QED) is 0.293. The topological polar surface area (TPSA) is 65.1 Å². The first-order valence-electron chi connectivity index (χ1n) is 9.64. The fourth-order valence-electron chi connectivity index (χ4n) is 2.74. The Kier molecular flexibility index (Phi) is 11.3. The number of nitrogens with zero attached hydrogens (tertiary/aromatic N) is 3. The first kappa shape index (κ1) is 23.4. The summed E-state index contributed by atoms with van der Waals surface area (Å²) in [4.78, 5) is 11.2. The van der Waals surface area contributed by atoms with Crippen LogP contribution in [0.4, 0.5) is 5.95 Å². The molecular formula is C22H34N6. The van der Waals surface area contributed by atoms with Gasteiger partial charge in [0.15, 0.2) is 0 Å². The zero-order valence-electron chi connectivity index (χ0n) is 17.8. The molecule has 6 nitrogen and oxygen atoms in total. The minimum absolute atomic E-state index is 0.186. The molecule has 0 radical (unpaired) electrons. The smallest absolute Gasteiger partial charge is 0.223 e. The molecule has 28 heavy (non-hydrogen) atoms. The standard InChI is InChI=1S/C22H34N6/c1-7-10-19(11-8-2)17-28(6)15-9-13-25-22-26-14-12-21(27-22)20(16-23-4)18(3)24-5/h1,8,10-12,14,16,18,23-24H,9,13,15,17H2,2-6H3,(H,25,26,27)/b11-8-,19-10+,20-16+. The van der Waals surface area contributed by atoms with E-state index in [1.54, 1.807) is 6.20 Å². The molecule has 0 saturated carbocycles. The van der Waals surface area contributed by atoms with Gasteiger partial charge in [-0.05, 0) is 58.6 Å². The lowest BCUT2D eigenvalue weighted by molar-refractivity contribution is 0.362. The number of aromatic nitrogens is 2. The van der Waals surface area contributed by atoms with Crippen molar-refractivity contribution >= 4 is 11.5 Å². The van der Waals surface area contributed by atoms with Crippen LogP contribution in [0.2, 0.25) is 0 Å². The van der Waals surface area contributed by atoms with E-state index in [-0.39, 0.29) is 6.04 Å². The molecule has 1 unspecified atom stereocenters. The summed E-state index contributed by atoms with van der Waals surface area (Å²) in [5.41, 5.74) is 3.13. The van der Waals surface area contributed by atoms with Crippen LogP contribution >= 0.6 is 0 Å². The van der Waals surface area contributed by atoms with Gasteiger partial charge in [0.2, 0.25) is 5.95 Å². The van der Waals surface area contributed by atoms with Gasteiger partial charge in [-0.25, -0.2) is 9.97 Å². The Morgan fingerprint density at radius 3 is 2.82 bits per heavy atom. The number of hydrogen-bond acceptors (Lipinski definition) is 6. The number of terminal acetylenes is 1. The summed E-state index contributed by atoms with van der Waals surface area (Å²) < 4.78 is 0.